The summed E-state index contributed by atoms with van der Waals surface area (Å²) < 4.78 is 0. The van der Waals surface area contributed by atoms with Gasteiger partial charge >= 0.3 is 29.6 Å². The molecule has 0 aliphatic carbocycles. The molecule has 2 nitrogen and oxygen atoms in total. The molecule has 0 saturated carbocycles. The molecule has 0 fully saturated rings. The number of unbranched alkanes of at least 4 members (excludes halogenated alkanes) is 2. The molecule has 0 aliphatic rings. The van der Waals surface area contributed by atoms with Crippen LogP contribution in [0.2, 0.25) is 0 Å². The van der Waals surface area contributed by atoms with E-state index in [4.69, 9.17) is 0 Å². The van der Waals surface area contributed by atoms with Crippen LogP contribution in [0.4, 0.5) is 0 Å². The number of rotatable bonds is 6. The minimum Gasteiger partial charge on any atom is -0.854 e. The molecule has 0 aromatic rings. The van der Waals surface area contributed by atoms with Crippen LogP contribution in [0.5, 0.6) is 0 Å². The van der Waals surface area contributed by atoms with Crippen LogP contribution in [0.15, 0.2) is 0 Å². The monoisotopic (exact) mass is 225 g/mol. The third kappa shape index (κ3) is 25.3. The molecular weight excluding hydrogens is 196 g/mol. The van der Waals surface area contributed by atoms with Gasteiger partial charge < -0.3 is 10.0 Å². The van der Waals surface area contributed by atoms with E-state index < -0.39 is 0 Å². The van der Waals surface area contributed by atoms with Crippen LogP contribution < -0.4 is 34.7 Å². The molecule has 0 spiro atoms. The maximum absolute atomic E-state index is 9.69. The fourth-order valence-electron chi connectivity index (χ4n) is 1.02. The third-order valence-electron chi connectivity index (χ3n) is 2.09. The summed E-state index contributed by atoms with van der Waals surface area (Å²) in [4.78, 5) is 2.38. The summed E-state index contributed by atoms with van der Waals surface area (Å²) >= 11 is 0. The van der Waals surface area contributed by atoms with Gasteiger partial charge in [0.25, 0.3) is 0 Å². The van der Waals surface area contributed by atoms with Gasteiger partial charge in [-0.05, 0) is 19.6 Å². The van der Waals surface area contributed by atoms with Gasteiger partial charge in [-0.25, -0.2) is 0 Å². The zero-order chi connectivity index (χ0) is 10.5. The first-order chi connectivity index (χ1) is 6.26. The summed E-state index contributed by atoms with van der Waals surface area (Å²) in [7, 11) is 0. The minimum absolute atomic E-state index is 0. The first-order valence-corrected chi connectivity index (χ1v) is 5.57. The van der Waals surface area contributed by atoms with E-state index in [-0.39, 0.29) is 44.6 Å². The summed E-state index contributed by atoms with van der Waals surface area (Å²) in [5.41, 5.74) is 0. The minimum atomic E-state index is 0. The van der Waals surface area contributed by atoms with E-state index in [0.717, 1.165) is 19.3 Å². The molecule has 0 atom stereocenters. The van der Waals surface area contributed by atoms with Crippen molar-refractivity contribution in [3.63, 3.8) is 0 Å². The molecule has 0 N–H and O–H groups in total. The molecular formula is C11H29BNNaO. The molecule has 0 saturated heterocycles. The summed E-state index contributed by atoms with van der Waals surface area (Å²) in [6.45, 7) is 12.3. The van der Waals surface area contributed by atoms with E-state index in [1.54, 1.807) is 0 Å². The van der Waals surface area contributed by atoms with E-state index in [2.05, 4.69) is 32.6 Å². The maximum atomic E-state index is 9.69. The second-order valence-electron chi connectivity index (χ2n) is 3.03. The van der Waals surface area contributed by atoms with Crippen molar-refractivity contribution < 1.29 is 34.7 Å². The Labute approximate surface area is 121 Å². The average molecular weight is 225 g/mol. The Kier molecular flexibility index (Phi) is 40.5. The Bertz CT molecular complexity index is 73.5. The van der Waals surface area contributed by atoms with Crippen molar-refractivity contribution in [2.75, 3.05) is 26.2 Å². The van der Waals surface area contributed by atoms with E-state index >= 15 is 0 Å². The largest absolute Gasteiger partial charge is 1.00 e. The van der Waals surface area contributed by atoms with Crippen LogP contribution in [0.1, 0.15) is 47.0 Å². The number of nitrogens with zero attached hydrogens (tertiary/aromatic N) is 1. The molecule has 15 heavy (non-hydrogen) atoms. The Morgan fingerprint density at radius 1 is 0.867 bits per heavy atom. The van der Waals surface area contributed by atoms with E-state index in [1.807, 2.05) is 0 Å². The molecule has 0 bridgehead atoms. The SMILES string of the molecule is B.CCCCC[O-].CCN(CC)CC.[Na+]. The van der Waals surface area contributed by atoms with Crippen LogP contribution in [0, 0.1) is 0 Å². The van der Waals surface area contributed by atoms with Crippen molar-refractivity contribution >= 4 is 8.41 Å². The first-order valence-electron chi connectivity index (χ1n) is 5.57. The zero-order valence-electron chi connectivity index (χ0n) is 10.8. The Morgan fingerprint density at radius 3 is 1.33 bits per heavy atom. The third-order valence-corrected chi connectivity index (χ3v) is 2.09. The average Bonchev–Trinajstić information content (AvgIpc) is 2.18. The van der Waals surface area contributed by atoms with Crippen LogP contribution in [-0.2, 0) is 0 Å². The quantitative estimate of drug-likeness (QED) is 0.375. The van der Waals surface area contributed by atoms with Crippen molar-refractivity contribution in [1.82, 2.24) is 4.90 Å². The van der Waals surface area contributed by atoms with Gasteiger partial charge in [-0.3, -0.25) is 0 Å². The molecule has 0 rings (SSSR count). The Hall–Kier alpha value is 0.985. The fourth-order valence-corrected chi connectivity index (χ4v) is 1.02. The van der Waals surface area contributed by atoms with Crippen LogP contribution in [-0.4, -0.2) is 39.6 Å². The molecule has 88 valence electrons. The molecule has 0 aromatic carbocycles. The summed E-state index contributed by atoms with van der Waals surface area (Å²) in [5, 5.41) is 9.69. The molecule has 0 unspecified atom stereocenters. The summed E-state index contributed by atoms with van der Waals surface area (Å²) in [6, 6.07) is 0. The van der Waals surface area contributed by atoms with Crippen molar-refractivity contribution in [3.05, 3.63) is 0 Å². The van der Waals surface area contributed by atoms with Crippen molar-refractivity contribution in [2.24, 2.45) is 0 Å². The summed E-state index contributed by atoms with van der Waals surface area (Å²) in [5.74, 6) is 0. The molecule has 0 aromatic heterocycles. The van der Waals surface area contributed by atoms with Gasteiger partial charge in [0.2, 0.25) is 0 Å². The van der Waals surface area contributed by atoms with Gasteiger partial charge in [-0.1, -0.05) is 47.0 Å². The van der Waals surface area contributed by atoms with E-state index in [1.165, 1.54) is 19.6 Å². The molecule has 4 heteroatoms. The van der Waals surface area contributed by atoms with Gasteiger partial charge in [-0.15, -0.1) is 6.61 Å². The Morgan fingerprint density at radius 2 is 1.27 bits per heavy atom. The Balaban J connectivity index is -0.0000000718. The topological polar surface area (TPSA) is 26.3 Å². The predicted octanol–water partition coefficient (Wildman–Crippen LogP) is -2.29. The second kappa shape index (κ2) is 24.3. The maximum Gasteiger partial charge on any atom is 1.00 e. The van der Waals surface area contributed by atoms with Crippen LogP contribution in [0.3, 0.4) is 0 Å². The molecule has 0 aliphatic heterocycles. The molecule has 0 amide bonds. The first kappa shape index (κ1) is 25.0. The van der Waals surface area contributed by atoms with E-state index in [0.29, 0.717) is 0 Å². The van der Waals surface area contributed by atoms with Crippen LogP contribution in [0.25, 0.3) is 0 Å². The van der Waals surface area contributed by atoms with Gasteiger partial charge in [0.05, 0.1) is 8.41 Å². The number of hydrogen-bond acceptors (Lipinski definition) is 2. The van der Waals surface area contributed by atoms with Crippen molar-refractivity contribution in [2.45, 2.75) is 47.0 Å². The second-order valence-corrected chi connectivity index (χ2v) is 3.03. The van der Waals surface area contributed by atoms with Crippen molar-refractivity contribution in [1.29, 1.82) is 0 Å². The normalized spacial score (nSPS) is 8.40. The van der Waals surface area contributed by atoms with Crippen molar-refractivity contribution in [3.8, 4) is 0 Å². The van der Waals surface area contributed by atoms with Gasteiger partial charge in [0.15, 0.2) is 0 Å². The van der Waals surface area contributed by atoms with Gasteiger partial charge in [0.1, 0.15) is 0 Å². The predicted molar refractivity (Wildman–Crippen MR) is 67.8 cm³/mol. The van der Waals surface area contributed by atoms with E-state index in [9.17, 15) is 5.11 Å². The fraction of sp³-hybridized carbons (Fsp3) is 1.00. The standard InChI is InChI=1S/C6H15N.C5H11O.BH3.Na/c1-4-7(5-2)6-3;1-2-3-4-5-6;;/h4-6H2,1-3H3;2-5H2,1H3;1H3;/q;-1;;+1. The zero-order valence-corrected chi connectivity index (χ0v) is 12.8. The molecule has 0 heterocycles. The van der Waals surface area contributed by atoms with Crippen LogP contribution >= 0.6 is 0 Å². The number of hydrogen-bond donors (Lipinski definition) is 0. The summed E-state index contributed by atoms with van der Waals surface area (Å²) in [6.07, 6.45) is 3.11. The van der Waals surface area contributed by atoms with Gasteiger partial charge in [-0.2, -0.15) is 0 Å². The van der Waals surface area contributed by atoms with Gasteiger partial charge in [0, 0.05) is 0 Å². The molecule has 0 radical (unpaired) electrons. The smallest absolute Gasteiger partial charge is 0.854 e.